The maximum atomic E-state index is 10.9. The van der Waals surface area contributed by atoms with E-state index in [1.165, 1.54) is 7.11 Å². The van der Waals surface area contributed by atoms with Crippen LogP contribution < -0.4 is 10.5 Å². The second-order valence-corrected chi connectivity index (χ2v) is 3.40. The van der Waals surface area contributed by atoms with Crippen LogP contribution in [0.2, 0.25) is 0 Å². The fourth-order valence-corrected chi connectivity index (χ4v) is 1.50. The first kappa shape index (κ1) is 10.4. The molecule has 0 unspecified atom stereocenters. The fraction of sp³-hybridized carbons (Fsp3) is 0.182. The topological polar surface area (TPSA) is 75.5 Å². The number of aromatic amines is 1. The molecule has 0 amide bonds. The van der Waals surface area contributed by atoms with E-state index in [9.17, 15) is 9.90 Å². The molecule has 5 nitrogen and oxygen atoms in total. The molecule has 0 bridgehead atoms. The van der Waals surface area contributed by atoms with Crippen molar-refractivity contribution in [1.82, 2.24) is 4.98 Å². The average molecular weight is 221 g/mol. The summed E-state index contributed by atoms with van der Waals surface area (Å²) in [5, 5.41) is 9.49. The number of ether oxygens (including phenoxy) is 1. The predicted octanol–water partition coefficient (Wildman–Crippen LogP) is 1.66. The number of H-pyrrole nitrogens is 1. The lowest BCUT2D eigenvalue weighted by atomic mass is 10.1. The summed E-state index contributed by atoms with van der Waals surface area (Å²) in [7, 11) is 1.51. The van der Waals surface area contributed by atoms with E-state index < -0.39 is 5.76 Å². The van der Waals surface area contributed by atoms with Gasteiger partial charge in [0, 0.05) is 0 Å². The lowest BCUT2D eigenvalue weighted by Crippen LogP contribution is -1.93. The number of aryl methyl sites for hydroxylation is 1. The molecule has 0 spiro atoms. The third-order valence-electron chi connectivity index (χ3n) is 2.23. The van der Waals surface area contributed by atoms with Gasteiger partial charge in [0.1, 0.15) is 5.75 Å². The quantitative estimate of drug-likeness (QED) is 0.808. The van der Waals surface area contributed by atoms with E-state index >= 15 is 0 Å². The van der Waals surface area contributed by atoms with Crippen LogP contribution in [-0.4, -0.2) is 17.2 Å². The van der Waals surface area contributed by atoms with Gasteiger partial charge in [-0.05, 0) is 19.1 Å². The first-order valence-electron chi connectivity index (χ1n) is 4.69. The van der Waals surface area contributed by atoms with Crippen molar-refractivity contribution in [3.8, 4) is 23.0 Å². The van der Waals surface area contributed by atoms with Crippen LogP contribution in [0.3, 0.4) is 0 Å². The number of nitrogens with one attached hydrogen (secondary N) is 1. The highest BCUT2D eigenvalue weighted by atomic mass is 16.5. The Morgan fingerprint density at radius 3 is 2.75 bits per heavy atom. The fourth-order valence-electron chi connectivity index (χ4n) is 1.50. The third-order valence-corrected chi connectivity index (χ3v) is 2.23. The molecule has 2 rings (SSSR count). The number of aromatic nitrogens is 1. The second-order valence-electron chi connectivity index (χ2n) is 3.40. The van der Waals surface area contributed by atoms with E-state index in [0.717, 1.165) is 5.56 Å². The summed E-state index contributed by atoms with van der Waals surface area (Å²) in [6, 6.07) is 5.38. The molecule has 0 atom stereocenters. The first-order valence-corrected chi connectivity index (χ1v) is 4.69. The van der Waals surface area contributed by atoms with Crippen LogP contribution in [0, 0.1) is 6.92 Å². The summed E-state index contributed by atoms with van der Waals surface area (Å²) < 4.78 is 9.99. The SMILES string of the molecule is COc1ccc(C)cc1-c1oc(=O)[nH]c1O. The molecule has 5 heteroatoms. The zero-order chi connectivity index (χ0) is 11.7. The van der Waals surface area contributed by atoms with Crippen LogP contribution in [-0.2, 0) is 0 Å². The Morgan fingerprint density at radius 1 is 1.44 bits per heavy atom. The Labute approximate surface area is 91.3 Å². The Balaban J connectivity index is 2.67. The van der Waals surface area contributed by atoms with Gasteiger partial charge >= 0.3 is 5.76 Å². The maximum Gasteiger partial charge on any atom is 0.419 e. The van der Waals surface area contributed by atoms with Crippen LogP contribution in [0.25, 0.3) is 11.3 Å². The monoisotopic (exact) mass is 221 g/mol. The summed E-state index contributed by atoms with van der Waals surface area (Å²) >= 11 is 0. The van der Waals surface area contributed by atoms with E-state index in [4.69, 9.17) is 9.15 Å². The molecule has 0 aliphatic heterocycles. The summed E-state index contributed by atoms with van der Waals surface area (Å²) in [4.78, 5) is 13.1. The van der Waals surface area contributed by atoms with E-state index in [2.05, 4.69) is 4.98 Å². The molecule has 1 heterocycles. The van der Waals surface area contributed by atoms with Crippen molar-refractivity contribution in [2.45, 2.75) is 6.92 Å². The number of hydrogen-bond acceptors (Lipinski definition) is 4. The standard InChI is InChI=1S/C11H11NO4/c1-6-3-4-8(15-2)7(5-6)9-10(13)12-11(14)16-9/h3-5,13H,1-2H3,(H,12,14). The molecule has 2 N–H and O–H groups in total. The van der Waals surface area contributed by atoms with Crippen molar-refractivity contribution in [3.63, 3.8) is 0 Å². The van der Waals surface area contributed by atoms with Crippen molar-refractivity contribution in [2.75, 3.05) is 7.11 Å². The van der Waals surface area contributed by atoms with Gasteiger partial charge in [-0.25, -0.2) is 4.79 Å². The Hall–Kier alpha value is -2.17. The van der Waals surface area contributed by atoms with Crippen LogP contribution in [0.1, 0.15) is 5.56 Å². The number of rotatable bonds is 2. The third kappa shape index (κ3) is 1.67. The molecule has 1 aromatic heterocycles. The maximum absolute atomic E-state index is 10.9. The minimum atomic E-state index is -0.698. The zero-order valence-electron chi connectivity index (χ0n) is 8.90. The Kier molecular flexibility index (Phi) is 2.44. The van der Waals surface area contributed by atoms with Gasteiger partial charge in [-0.1, -0.05) is 11.6 Å². The molecule has 16 heavy (non-hydrogen) atoms. The second kappa shape index (κ2) is 3.77. The highest BCUT2D eigenvalue weighted by Crippen LogP contribution is 2.34. The van der Waals surface area contributed by atoms with Gasteiger partial charge in [0.25, 0.3) is 0 Å². The molecule has 84 valence electrons. The lowest BCUT2D eigenvalue weighted by molar-refractivity contribution is 0.412. The molecule has 0 radical (unpaired) electrons. The molecule has 0 aliphatic rings. The summed E-state index contributed by atoms with van der Waals surface area (Å²) in [5.41, 5.74) is 1.51. The summed E-state index contributed by atoms with van der Waals surface area (Å²) in [6.45, 7) is 1.89. The highest BCUT2D eigenvalue weighted by molar-refractivity contribution is 5.69. The van der Waals surface area contributed by atoms with Crippen molar-refractivity contribution in [3.05, 3.63) is 34.3 Å². The Bertz CT molecular complexity index is 568. The van der Waals surface area contributed by atoms with Gasteiger partial charge < -0.3 is 14.3 Å². The van der Waals surface area contributed by atoms with Crippen molar-refractivity contribution in [2.24, 2.45) is 0 Å². The Morgan fingerprint density at radius 2 is 2.19 bits per heavy atom. The van der Waals surface area contributed by atoms with E-state index in [1.54, 1.807) is 12.1 Å². The van der Waals surface area contributed by atoms with Crippen LogP contribution >= 0.6 is 0 Å². The zero-order valence-corrected chi connectivity index (χ0v) is 8.90. The normalized spacial score (nSPS) is 10.4. The largest absolute Gasteiger partial charge is 0.496 e. The van der Waals surface area contributed by atoms with Crippen molar-refractivity contribution in [1.29, 1.82) is 0 Å². The minimum Gasteiger partial charge on any atom is -0.496 e. The number of hydrogen-bond donors (Lipinski definition) is 2. The molecule has 0 saturated carbocycles. The number of aromatic hydroxyl groups is 1. The van der Waals surface area contributed by atoms with E-state index in [0.29, 0.717) is 11.3 Å². The van der Waals surface area contributed by atoms with Gasteiger partial charge in [0.15, 0.2) is 0 Å². The predicted molar refractivity (Wildman–Crippen MR) is 57.7 cm³/mol. The van der Waals surface area contributed by atoms with Gasteiger partial charge in [0.05, 0.1) is 12.7 Å². The van der Waals surface area contributed by atoms with E-state index in [1.807, 2.05) is 13.0 Å². The molecule has 1 aromatic carbocycles. The van der Waals surface area contributed by atoms with Crippen LogP contribution in [0.4, 0.5) is 0 Å². The smallest absolute Gasteiger partial charge is 0.419 e. The van der Waals surface area contributed by atoms with Crippen molar-refractivity contribution >= 4 is 0 Å². The van der Waals surface area contributed by atoms with E-state index in [-0.39, 0.29) is 11.6 Å². The molecule has 2 aromatic rings. The number of methoxy groups -OCH3 is 1. The molecular weight excluding hydrogens is 210 g/mol. The highest BCUT2D eigenvalue weighted by Gasteiger charge is 2.15. The van der Waals surface area contributed by atoms with Gasteiger partial charge in [0.2, 0.25) is 11.6 Å². The lowest BCUT2D eigenvalue weighted by Gasteiger charge is -2.06. The summed E-state index contributed by atoms with van der Waals surface area (Å²) in [5.74, 6) is -0.376. The van der Waals surface area contributed by atoms with Crippen LogP contribution in [0.5, 0.6) is 11.6 Å². The number of benzene rings is 1. The van der Waals surface area contributed by atoms with Crippen molar-refractivity contribution < 1.29 is 14.3 Å². The summed E-state index contributed by atoms with van der Waals surface area (Å²) in [6.07, 6.45) is 0. The number of oxazole rings is 1. The van der Waals surface area contributed by atoms with Crippen LogP contribution in [0.15, 0.2) is 27.4 Å². The minimum absolute atomic E-state index is 0.0885. The van der Waals surface area contributed by atoms with Gasteiger partial charge in [-0.2, -0.15) is 0 Å². The van der Waals surface area contributed by atoms with Gasteiger partial charge in [-0.15, -0.1) is 0 Å². The molecular formula is C11H11NO4. The molecule has 0 aliphatic carbocycles. The van der Waals surface area contributed by atoms with Gasteiger partial charge in [-0.3, -0.25) is 4.98 Å². The molecule has 0 fully saturated rings. The molecule has 0 saturated heterocycles. The first-order chi connectivity index (χ1) is 7.61. The average Bonchev–Trinajstić information content (AvgIpc) is 2.57.